The highest BCUT2D eigenvalue weighted by Gasteiger charge is 2.10. The minimum atomic E-state index is -0.934. The molecule has 4 aromatic carbocycles. The van der Waals surface area contributed by atoms with Gasteiger partial charge < -0.3 is 14.8 Å². The van der Waals surface area contributed by atoms with Gasteiger partial charge in [0, 0.05) is 11.7 Å². The molecule has 0 atom stereocenters. The summed E-state index contributed by atoms with van der Waals surface area (Å²) in [5.41, 5.74) is 4.87. The Morgan fingerprint density at radius 2 is 1.39 bits per heavy atom. The summed E-state index contributed by atoms with van der Waals surface area (Å²) in [6, 6.07) is 26.5. The van der Waals surface area contributed by atoms with Crippen molar-refractivity contribution in [1.82, 2.24) is 4.98 Å². The van der Waals surface area contributed by atoms with Gasteiger partial charge in [0.05, 0.1) is 11.1 Å². The highest BCUT2D eigenvalue weighted by atomic mass is 16.5. The Bertz CT molecular complexity index is 1480. The first-order chi connectivity index (χ1) is 16.0. The number of rotatable bonds is 6. The number of hydrogen-bond acceptors (Lipinski definition) is 3. The van der Waals surface area contributed by atoms with E-state index in [1.165, 1.54) is 0 Å². The van der Waals surface area contributed by atoms with Gasteiger partial charge in [-0.1, -0.05) is 42.5 Å². The Morgan fingerprint density at radius 3 is 2.21 bits per heavy atom. The first kappa shape index (κ1) is 20.5. The lowest BCUT2D eigenvalue weighted by atomic mass is 9.99. The van der Waals surface area contributed by atoms with Crippen molar-refractivity contribution >= 4 is 33.6 Å². The van der Waals surface area contributed by atoms with Gasteiger partial charge in [-0.15, -0.1) is 0 Å². The Morgan fingerprint density at radius 1 is 0.697 bits per heavy atom. The van der Waals surface area contributed by atoms with Crippen LogP contribution in [0.1, 0.15) is 37.4 Å². The minimum Gasteiger partial charge on any atom is -0.478 e. The van der Waals surface area contributed by atoms with Crippen LogP contribution in [0.2, 0.25) is 0 Å². The van der Waals surface area contributed by atoms with E-state index in [1.807, 2.05) is 66.9 Å². The SMILES string of the molecule is O=C(O)c1ccc(Cc2ccc3ccc(C(=O)OCc4ccc5[nH]ccc5c4)cc3c2)cc1. The highest BCUT2D eigenvalue weighted by molar-refractivity contribution is 5.95. The van der Waals surface area contributed by atoms with Crippen LogP contribution in [0.5, 0.6) is 0 Å². The number of H-pyrrole nitrogens is 1. The number of aromatic nitrogens is 1. The van der Waals surface area contributed by atoms with E-state index in [9.17, 15) is 9.59 Å². The van der Waals surface area contributed by atoms with E-state index in [2.05, 4.69) is 11.1 Å². The molecule has 0 spiro atoms. The standard InChI is InChI=1S/C28H21NO4/c30-27(31)22-6-1-18(2-7-22)13-19-3-5-21-8-9-24(16-25(21)14-19)28(32)33-17-20-4-10-26-23(15-20)11-12-29-26/h1-12,14-16,29H,13,17H2,(H,30,31). The molecule has 0 amide bonds. The molecular weight excluding hydrogens is 414 g/mol. The molecule has 0 bridgehead atoms. The summed E-state index contributed by atoms with van der Waals surface area (Å²) in [7, 11) is 0. The van der Waals surface area contributed by atoms with Crippen LogP contribution in [0.15, 0.2) is 91.1 Å². The van der Waals surface area contributed by atoms with Gasteiger partial charge in [0.2, 0.25) is 0 Å². The molecule has 33 heavy (non-hydrogen) atoms. The fourth-order valence-electron chi connectivity index (χ4n) is 3.96. The lowest BCUT2D eigenvalue weighted by Crippen LogP contribution is -2.05. The van der Waals surface area contributed by atoms with E-state index in [0.717, 1.165) is 38.4 Å². The molecule has 0 unspecified atom stereocenters. The van der Waals surface area contributed by atoms with Gasteiger partial charge in [0.15, 0.2) is 0 Å². The average Bonchev–Trinajstić information content (AvgIpc) is 3.30. The molecule has 0 aliphatic heterocycles. The van der Waals surface area contributed by atoms with Gasteiger partial charge in [-0.05, 0) is 81.7 Å². The molecule has 0 saturated heterocycles. The van der Waals surface area contributed by atoms with Gasteiger partial charge in [0.25, 0.3) is 0 Å². The van der Waals surface area contributed by atoms with Crippen LogP contribution in [0, 0.1) is 0 Å². The van der Waals surface area contributed by atoms with E-state index in [0.29, 0.717) is 12.0 Å². The molecule has 5 aromatic rings. The van der Waals surface area contributed by atoms with Crippen molar-refractivity contribution in [3.05, 3.63) is 119 Å². The predicted octanol–water partition coefficient (Wildman–Crippen LogP) is 5.97. The molecule has 0 fully saturated rings. The van der Waals surface area contributed by atoms with Gasteiger partial charge in [0.1, 0.15) is 6.61 Å². The summed E-state index contributed by atoms with van der Waals surface area (Å²) < 4.78 is 5.55. The van der Waals surface area contributed by atoms with E-state index in [1.54, 1.807) is 18.2 Å². The number of carbonyl (C=O) groups is 2. The first-order valence-electron chi connectivity index (χ1n) is 10.6. The van der Waals surface area contributed by atoms with Crippen molar-refractivity contribution in [3.63, 3.8) is 0 Å². The number of carboxylic acid groups (broad SMARTS) is 1. The molecule has 1 aromatic heterocycles. The Kier molecular flexibility index (Phi) is 5.37. The molecule has 0 aliphatic carbocycles. The van der Waals surface area contributed by atoms with Gasteiger partial charge in [-0.25, -0.2) is 9.59 Å². The average molecular weight is 435 g/mol. The predicted molar refractivity (Wildman–Crippen MR) is 128 cm³/mol. The van der Waals surface area contributed by atoms with E-state index in [4.69, 9.17) is 9.84 Å². The van der Waals surface area contributed by atoms with Crippen LogP contribution in [0.4, 0.5) is 0 Å². The van der Waals surface area contributed by atoms with Crippen molar-refractivity contribution in [2.45, 2.75) is 13.0 Å². The lowest BCUT2D eigenvalue weighted by Gasteiger charge is -2.08. The fraction of sp³-hybridized carbons (Fsp3) is 0.0714. The van der Waals surface area contributed by atoms with E-state index < -0.39 is 5.97 Å². The smallest absolute Gasteiger partial charge is 0.338 e. The third kappa shape index (κ3) is 4.48. The van der Waals surface area contributed by atoms with Crippen molar-refractivity contribution in [2.75, 3.05) is 0 Å². The molecule has 5 heteroatoms. The minimum absolute atomic E-state index is 0.213. The quantitative estimate of drug-likeness (QED) is 0.322. The Hall–Kier alpha value is -4.38. The third-order valence-electron chi connectivity index (χ3n) is 5.74. The highest BCUT2D eigenvalue weighted by Crippen LogP contribution is 2.21. The van der Waals surface area contributed by atoms with Crippen LogP contribution >= 0.6 is 0 Å². The van der Waals surface area contributed by atoms with Gasteiger partial charge in [-0.3, -0.25) is 0 Å². The molecule has 5 nitrogen and oxygen atoms in total. The summed E-state index contributed by atoms with van der Waals surface area (Å²) in [6.07, 6.45) is 2.56. The Balaban J connectivity index is 1.31. The number of benzene rings is 4. The van der Waals surface area contributed by atoms with Gasteiger partial charge >= 0.3 is 11.9 Å². The first-order valence-corrected chi connectivity index (χ1v) is 10.6. The molecule has 162 valence electrons. The normalized spacial score (nSPS) is 11.0. The van der Waals surface area contributed by atoms with Gasteiger partial charge in [-0.2, -0.15) is 0 Å². The summed E-state index contributed by atoms with van der Waals surface area (Å²) in [6.45, 7) is 0.213. The van der Waals surface area contributed by atoms with Crippen LogP contribution in [0.25, 0.3) is 21.7 Å². The number of esters is 1. The lowest BCUT2D eigenvalue weighted by molar-refractivity contribution is 0.0472. The topological polar surface area (TPSA) is 79.4 Å². The maximum Gasteiger partial charge on any atom is 0.338 e. The number of ether oxygens (including phenoxy) is 1. The fourth-order valence-corrected chi connectivity index (χ4v) is 3.96. The van der Waals surface area contributed by atoms with E-state index >= 15 is 0 Å². The molecule has 0 saturated carbocycles. The zero-order valence-electron chi connectivity index (χ0n) is 17.7. The summed E-state index contributed by atoms with van der Waals surface area (Å²) in [5.74, 6) is -1.29. The van der Waals surface area contributed by atoms with Crippen molar-refractivity contribution in [1.29, 1.82) is 0 Å². The number of carbonyl (C=O) groups excluding carboxylic acids is 1. The number of aromatic carboxylic acids is 1. The third-order valence-corrected chi connectivity index (χ3v) is 5.74. The number of aromatic amines is 1. The van der Waals surface area contributed by atoms with Crippen molar-refractivity contribution < 1.29 is 19.4 Å². The second-order valence-corrected chi connectivity index (χ2v) is 8.05. The van der Waals surface area contributed by atoms with Crippen molar-refractivity contribution in [3.8, 4) is 0 Å². The molecular formula is C28H21NO4. The second kappa shape index (κ2) is 8.63. The molecule has 5 rings (SSSR count). The van der Waals surface area contributed by atoms with E-state index in [-0.39, 0.29) is 18.1 Å². The monoisotopic (exact) mass is 435 g/mol. The maximum absolute atomic E-state index is 12.7. The second-order valence-electron chi connectivity index (χ2n) is 8.05. The molecule has 0 aliphatic rings. The number of fused-ring (bicyclic) bond motifs is 2. The summed E-state index contributed by atoms with van der Waals surface area (Å²) in [5, 5.41) is 12.1. The van der Waals surface area contributed by atoms with Crippen LogP contribution < -0.4 is 0 Å². The maximum atomic E-state index is 12.7. The largest absolute Gasteiger partial charge is 0.478 e. The Labute approximate surface area is 190 Å². The zero-order valence-corrected chi connectivity index (χ0v) is 17.7. The number of carboxylic acids is 1. The molecule has 1 heterocycles. The van der Waals surface area contributed by atoms with Crippen LogP contribution in [0.3, 0.4) is 0 Å². The summed E-state index contributed by atoms with van der Waals surface area (Å²) >= 11 is 0. The molecule has 2 N–H and O–H groups in total. The van der Waals surface area contributed by atoms with Crippen LogP contribution in [-0.2, 0) is 17.8 Å². The zero-order chi connectivity index (χ0) is 22.8. The van der Waals surface area contributed by atoms with Crippen LogP contribution in [-0.4, -0.2) is 22.0 Å². The number of hydrogen-bond donors (Lipinski definition) is 2. The summed E-state index contributed by atoms with van der Waals surface area (Å²) in [4.78, 5) is 26.8. The molecule has 0 radical (unpaired) electrons. The van der Waals surface area contributed by atoms with Crippen molar-refractivity contribution in [2.24, 2.45) is 0 Å². The number of nitrogens with one attached hydrogen (secondary N) is 1.